The van der Waals surface area contributed by atoms with Gasteiger partial charge in [0.15, 0.2) is 0 Å². The van der Waals surface area contributed by atoms with Gasteiger partial charge in [0, 0.05) is 11.5 Å². The van der Waals surface area contributed by atoms with E-state index < -0.39 is 23.2 Å². The number of carboxylic acids is 1. The van der Waals surface area contributed by atoms with Gasteiger partial charge < -0.3 is 15.6 Å². The van der Waals surface area contributed by atoms with E-state index in [1.54, 1.807) is 36.4 Å². The molecular formula is C25H25FN2O4. The smallest absolute Gasteiger partial charge is 0.310 e. The average Bonchev–Trinajstić information content (AvgIpc) is 2.78. The number of rotatable bonds is 7. The molecular weight excluding hydrogens is 411 g/mol. The van der Waals surface area contributed by atoms with Crippen LogP contribution in [0.25, 0.3) is 10.9 Å². The largest absolute Gasteiger partial charge is 0.487 e. The Morgan fingerprint density at radius 2 is 1.84 bits per heavy atom. The Balaban J connectivity index is 1.58. The summed E-state index contributed by atoms with van der Waals surface area (Å²) in [4.78, 5) is 29.1. The zero-order valence-corrected chi connectivity index (χ0v) is 17.6. The van der Waals surface area contributed by atoms with Crippen molar-refractivity contribution in [2.45, 2.75) is 44.6 Å². The number of aliphatic carboxylic acids is 1. The number of hydrogen-bond acceptors (Lipinski definition) is 4. The first-order chi connectivity index (χ1) is 15.4. The Kier molecular flexibility index (Phi) is 6.08. The molecule has 1 saturated carbocycles. The summed E-state index contributed by atoms with van der Waals surface area (Å²) in [7, 11) is 0. The van der Waals surface area contributed by atoms with Gasteiger partial charge >= 0.3 is 5.97 Å². The van der Waals surface area contributed by atoms with Crippen molar-refractivity contribution in [2.75, 3.05) is 0 Å². The SMILES string of the molecule is NC(=O)C(c1cccc(OCc2ccc3ccc(F)cc3n2)c1)C1(C(=O)O)CCCCC1. The van der Waals surface area contributed by atoms with Gasteiger partial charge in [0.05, 0.1) is 22.5 Å². The summed E-state index contributed by atoms with van der Waals surface area (Å²) in [5.74, 6) is -2.45. The zero-order valence-electron chi connectivity index (χ0n) is 17.6. The highest BCUT2D eigenvalue weighted by molar-refractivity contribution is 5.90. The fraction of sp³-hybridized carbons (Fsp3) is 0.320. The van der Waals surface area contributed by atoms with Gasteiger partial charge in [-0.1, -0.05) is 37.5 Å². The van der Waals surface area contributed by atoms with Crippen LogP contribution in [0.15, 0.2) is 54.6 Å². The highest BCUT2D eigenvalue weighted by atomic mass is 19.1. The summed E-state index contributed by atoms with van der Waals surface area (Å²) in [6.45, 7) is 0.140. The van der Waals surface area contributed by atoms with E-state index in [1.807, 2.05) is 6.07 Å². The Bertz CT molecular complexity index is 1160. The molecule has 1 amide bonds. The molecule has 1 aliphatic rings. The minimum Gasteiger partial charge on any atom is -0.487 e. The number of nitrogens with zero attached hydrogens (tertiary/aromatic N) is 1. The lowest BCUT2D eigenvalue weighted by Gasteiger charge is -2.38. The Hall–Kier alpha value is -3.48. The molecule has 0 aliphatic heterocycles. The number of primary amides is 1. The van der Waals surface area contributed by atoms with Crippen LogP contribution in [0.2, 0.25) is 0 Å². The number of amides is 1. The molecule has 2 aromatic carbocycles. The van der Waals surface area contributed by atoms with Crippen molar-refractivity contribution in [1.82, 2.24) is 4.98 Å². The fourth-order valence-electron chi connectivity index (χ4n) is 4.72. The Morgan fingerprint density at radius 1 is 1.09 bits per heavy atom. The summed E-state index contributed by atoms with van der Waals surface area (Å²) in [5.41, 5.74) is 6.21. The first-order valence-electron chi connectivity index (χ1n) is 10.7. The number of pyridine rings is 1. The molecule has 32 heavy (non-hydrogen) atoms. The molecule has 1 heterocycles. The second kappa shape index (κ2) is 8.94. The van der Waals surface area contributed by atoms with Crippen LogP contribution in [0.1, 0.15) is 49.3 Å². The molecule has 166 valence electrons. The van der Waals surface area contributed by atoms with Crippen LogP contribution in [0, 0.1) is 11.2 Å². The third-order valence-electron chi connectivity index (χ3n) is 6.30. The van der Waals surface area contributed by atoms with Gasteiger partial charge in [0.2, 0.25) is 5.91 Å². The predicted octanol–water partition coefficient (Wildman–Crippen LogP) is 4.56. The molecule has 1 unspecified atom stereocenters. The zero-order chi connectivity index (χ0) is 22.7. The standard InChI is InChI=1S/C25H25FN2O4/c26-18-9-7-16-8-10-19(28-21(16)14-18)15-32-20-6-4-5-17(13-20)22(23(27)29)25(24(30)31)11-2-1-3-12-25/h4-10,13-14,22H,1-3,11-12,15H2,(H2,27,29)(H,30,31). The summed E-state index contributed by atoms with van der Waals surface area (Å²) in [5, 5.41) is 10.8. The molecule has 0 bridgehead atoms. The molecule has 1 aromatic heterocycles. The van der Waals surface area contributed by atoms with E-state index >= 15 is 0 Å². The second-order valence-electron chi connectivity index (χ2n) is 8.36. The van der Waals surface area contributed by atoms with Crippen LogP contribution < -0.4 is 10.5 Å². The van der Waals surface area contributed by atoms with Crippen molar-refractivity contribution >= 4 is 22.8 Å². The number of ether oxygens (including phenoxy) is 1. The van der Waals surface area contributed by atoms with Crippen LogP contribution in [-0.2, 0) is 16.2 Å². The van der Waals surface area contributed by atoms with E-state index in [2.05, 4.69) is 4.98 Å². The maximum Gasteiger partial charge on any atom is 0.310 e. The van der Waals surface area contributed by atoms with Crippen LogP contribution in [0.3, 0.4) is 0 Å². The molecule has 0 saturated heterocycles. The molecule has 7 heteroatoms. The average molecular weight is 436 g/mol. The number of fused-ring (bicyclic) bond motifs is 1. The molecule has 3 aromatic rings. The lowest BCUT2D eigenvalue weighted by Crippen LogP contribution is -2.44. The highest BCUT2D eigenvalue weighted by Crippen LogP contribution is 2.48. The minimum absolute atomic E-state index is 0.140. The second-order valence-corrected chi connectivity index (χ2v) is 8.36. The number of carbonyl (C=O) groups is 2. The third kappa shape index (κ3) is 4.28. The first kappa shape index (κ1) is 21.7. The summed E-state index contributed by atoms with van der Waals surface area (Å²) >= 11 is 0. The summed E-state index contributed by atoms with van der Waals surface area (Å²) in [6.07, 6.45) is 3.28. The fourth-order valence-corrected chi connectivity index (χ4v) is 4.72. The third-order valence-corrected chi connectivity index (χ3v) is 6.30. The van der Waals surface area contributed by atoms with Crippen molar-refractivity contribution < 1.29 is 23.8 Å². The maximum atomic E-state index is 13.5. The predicted molar refractivity (Wildman–Crippen MR) is 118 cm³/mol. The van der Waals surface area contributed by atoms with Crippen molar-refractivity contribution in [3.8, 4) is 5.75 Å². The van der Waals surface area contributed by atoms with Gasteiger partial charge in [-0.2, -0.15) is 0 Å². The quantitative estimate of drug-likeness (QED) is 0.565. The van der Waals surface area contributed by atoms with Crippen molar-refractivity contribution in [3.63, 3.8) is 0 Å². The number of carbonyl (C=O) groups excluding carboxylic acids is 1. The molecule has 3 N–H and O–H groups in total. The van der Waals surface area contributed by atoms with E-state index in [4.69, 9.17) is 10.5 Å². The van der Waals surface area contributed by atoms with Gasteiger partial charge in [-0.3, -0.25) is 9.59 Å². The number of carboxylic acid groups (broad SMARTS) is 1. The topological polar surface area (TPSA) is 103 Å². The normalized spacial score (nSPS) is 16.4. The lowest BCUT2D eigenvalue weighted by atomic mass is 9.63. The van der Waals surface area contributed by atoms with Crippen molar-refractivity contribution in [1.29, 1.82) is 0 Å². The van der Waals surface area contributed by atoms with Gasteiger partial charge in [-0.15, -0.1) is 0 Å². The minimum atomic E-state index is -1.20. The van der Waals surface area contributed by atoms with Crippen LogP contribution in [-0.4, -0.2) is 22.0 Å². The van der Waals surface area contributed by atoms with Gasteiger partial charge in [0.25, 0.3) is 0 Å². The van der Waals surface area contributed by atoms with Crippen LogP contribution in [0.5, 0.6) is 5.75 Å². The summed E-state index contributed by atoms with van der Waals surface area (Å²) < 4.78 is 19.4. The van der Waals surface area contributed by atoms with Crippen LogP contribution in [0.4, 0.5) is 4.39 Å². The number of nitrogens with two attached hydrogens (primary N) is 1. The molecule has 1 fully saturated rings. The van der Waals surface area contributed by atoms with Crippen molar-refractivity contribution in [3.05, 3.63) is 71.7 Å². The van der Waals surface area contributed by atoms with E-state index in [0.29, 0.717) is 35.4 Å². The van der Waals surface area contributed by atoms with E-state index in [-0.39, 0.29) is 12.4 Å². The van der Waals surface area contributed by atoms with E-state index in [0.717, 1.165) is 24.6 Å². The van der Waals surface area contributed by atoms with Crippen molar-refractivity contribution in [2.24, 2.45) is 11.1 Å². The molecule has 4 rings (SSSR count). The molecule has 1 atom stereocenters. The van der Waals surface area contributed by atoms with E-state index in [9.17, 15) is 19.1 Å². The number of benzene rings is 2. The maximum absolute atomic E-state index is 13.5. The monoisotopic (exact) mass is 436 g/mol. The Morgan fingerprint density at radius 3 is 2.56 bits per heavy atom. The highest BCUT2D eigenvalue weighted by Gasteiger charge is 2.49. The molecule has 1 aliphatic carbocycles. The van der Waals surface area contributed by atoms with Gasteiger partial charge in [0.1, 0.15) is 18.2 Å². The lowest BCUT2D eigenvalue weighted by molar-refractivity contribution is -0.155. The molecule has 0 radical (unpaired) electrons. The number of halogens is 1. The van der Waals surface area contributed by atoms with Crippen LogP contribution >= 0.6 is 0 Å². The molecule has 6 nitrogen and oxygen atoms in total. The Labute approximate surface area is 185 Å². The van der Waals surface area contributed by atoms with Gasteiger partial charge in [-0.05, 0) is 48.7 Å². The number of aromatic nitrogens is 1. The summed E-state index contributed by atoms with van der Waals surface area (Å²) in [6, 6.07) is 14.9. The first-order valence-corrected chi connectivity index (χ1v) is 10.7. The van der Waals surface area contributed by atoms with E-state index in [1.165, 1.54) is 12.1 Å². The number of hydrogen-bond donors (Lipinski definition) is 2. The molecule has 0 spiro atoms. The van der Waals surface area contributed by atoms with Gasteiger partial charge in [-0.25, -0.2) is 9.37 Å².